The fraction of sp³-hybridized carbons (Fsp3) is 0.414. The molecule has 4 amide bonds. The highest BCUT2D eigenvalue weighted by Crippen LogP contribution is 2.35. The predicted molar refractivity (Wildman–Crippen MR) is 150 cm³/mol. The largest absolute Gasteiger partial charge is 0.497 e. The van der Waals surface area contributed by atoms with Gasteiger partial charge in [-0.1, -0.05) is 6.07 Å². The van der Waals surface area contributed by atoms with Gasteiger partial charge < -0.3 is 35.1 Å². The Kier molecular flexibility index (Phi) is 10.3. The molecule has 11 nitrogen and oxygen atoms in total. The Hall–Kier alpha value is -4.23. The minimum atomic E-state index is -1.39. The SMILES string of the molecule is COCC1=C(C(=O)OC)C(c2ccc(F)c(F)c2)N(C(=O)NCCNC2CCN(c3ccc(OC)cc3)CC2)C(=O)N1. The van der Waals surface area contributed by atoms with Crippen LogP contribution in [-0.2, 0) is 14.3 Å². The molecule has 0 spiro atoms. The van der Waals surface area contributed by atoms with Crippen LogP contribution in [0.15, 0.2) is 53.7 Å². The zero-order valence-corrected chi connectivity index (χ0v) is 23.7. The van der Waals surface area contributed by atoms with E-state index in [0.29, 0.717) is 6.54 Å². The topological polar surface area (TPSA) is 121 Å². The minimum Gasteiger partial charge on any atom is -0.497 e. The molecule has 13 heteroatoms. The molecule has 0 bridgehead atoms. The molecule has 2 aliphatic rings. The number of piperidine rings is 1. The van der Waals surface area contributed by atoms with Crippen molar-refractivity contribution in [1.29, 1.82) is 0 Å². The zero-order valence-electron chi connectivity index (χ0n) is 23.7. The van der Waals surface area contributed by atoms with E-state index in [1.807, 2.05) is 24.3 Å². The number of hydrogen-bond donors (Lipinski definition) is 3. The van der Waals surface area contributed by atoms with E-state index in [2.05, 4.69) is 20.9 Å². The van der Waals surface area contributed by atoms with Crippen LogP contribution in [0.1, 0.15) is 24.4 Å². The average Bonchev–Trinajstić information content (AvgIpc) is 3.00. The molecule has 0 saturated carbocycles. The van der Waals surface area contributed by atoms with Crippen molar-refractivity contribution < 1.29 is 37.4 Å². The van der Waals surface area contributed by atoms with Crippen molar-refractivity contribution in [2.45, 2.75) is 24.9 Å². The summed E-state index contributed by atoms with van der Waals surface area (Å²) in [6.07, 6.45) is 1.81. The molecule has 0 aliphatic carbocycles. The predicted octanol–water partition coefficient (Wildman–Crippen LogP) is 3.08. The van der Waals surface area contributed by atoms with Crippen LogP contribution in [0.5, 0.6) is 5.75 Å². The lowest BCUT2D eigenvalue weighted by Crippen LogP contribution is -2.56. The lowest BCUT2D eigenvalue weighted by molar-refractivity contribution is -0.137. The molecule has 2 aromatic rings. The molecular formula is C29H35F2N5O6. The number of urea groups is 2. The Balaban J connectivity index is 1.39. The maximum atomic E-state index is 14.2. The Labute approximate surface area is 242 Å². The summed E-state index contributed by atoms with van der Waals surface area (Å²) in [6.45, 7) is 2.15. The third kappa shape index (κ3) is 6.97. The van der Waals surface area contributed by atoms with Crippen LogP contribution in [0.2, 0.25) is 0 Å². The van der Waals surface area contributed by atoms with Crippen molar-refractivity contribution in [2.24, 2.45) is 0 Å². The van der Waals surface area contributed by atoms with Gasteiger partial charge in [0.25, 0.3) is 0 Å². The molecular weight excluding hydrogens is 552 g/mol. The number of methoxy groups -OCH3 is 3. The number of carbonyl (C=O) groups is 3. The van der Waals surface area contributed by atoms with Crippen LogP contribution in [0.25, 0.3) is 0 Å². The average molecular weight is 588 g/mol. The first-order chi connectivity index (χ1) is 20.3. The first-order valence-electron chi connectivity index (χ1n) is 13.5. The van der Waals surface area contributed by atoms with Crippen molar-refractivity contribution in [3.05, 3.63) is 70.9 Å². The summed E-state index contributed by atoms with van der Waals surface area (Å²) in [5.74, 6) is -2.36. The standard InChI is InChI=1S/C29H35F2N5O6/c1-40-17-24-25(27(37)42-3)26(18-4-9-22(30)23(31)16-18)36(29(39)34-24)28(38)33-13-12-32-19-10-14-35(15-11-19)20-5-7-21(41-2)8-6-20/h4-9,16,19,26,32H,10-15,17H2,1-3H3,(H,33,38)(H,34,39). The number of imide groups is 1. The number of esters is 1. The normalized spacial score (nSPS) is 17.6. The Morgan fingerprint density at radius 3 is 2.33 bits per heavy atom. The summed E-state index contributed by atoms with van der Waals surface area (Å²) in [5, 5.41) is 8.60. The summed E-state index contributed by atoms with van der Waals surface area (Å²) in [7, 11) is 4.13. The summed E-state index contributed by atoms with van der Waals surface area (Å²) in [5.41, 5.74) is 1.05. The first kappa shape index (κ1) is 30.7. The Morgan fingerprint density at radius 2 is 1.71 bits per heavy atom. The van der Waals surface area contributed by atoms with E-state index in [1.54, 1.807) is 7.11 Å². The first-order valence-corrected chi connectivity index (χ1v) is 13.5. The monoisotopic (exact) mass is 587 g/mol. The van der Waals surface area contributed by atoms with E-state index in [1.165, 1.54) is 13.2 Å². The van der Waals surface area contributed by atoms with Crippen molar-refractivity contribution in [1.82, 2.24) is 20.9 Å². The number of nitrogens with zero attached hydrogens (tertiary/aromatic N) is 2. The van der Waals surface area contributed by atoms with Gasteiger partial charge in [0.15, 0.2) is 11.6 Å². The van der Waals surface area contributed by atoms with Gasteiger partial charge in [-0.3, -0.25) is 0 Å². The van der Waals surface area contributed by atoms with Gasteiger partial charge in [0.1, 0.15) is 11.8 Å². The number of halogens is 2. The second-order valence-corrected chi connectivity index (χ2v) is 9.84. The molecule has 0 aromatic heterocycles. The van der Waals surface area contributed by atoms with E-state index >= 15 is 0 Å². The lowest BCUT2D eigenvalue weighted by Gasteiger charge is -2.37. The number of amides is 4. The van der Waals surface area contributed by atoms with Crippen LogP contribution in [-0.4, -0.2) is 83.1 Å². The summed E-state index contributed by atoms with van der Waals surface area (Å²) >= 11 is 0. The van der Waals surface area contributed by atoms with Gasteiger partial charge in [0, 0.05) is 45.0 Å². The molecule has 2 aromatic carbocycles. The second-order valence-electron chi connectivity index (χ2n) is 9.84. The third-order valence-electron chi connectivity index (χ3n) is 7.27. The summed E-state index contributed by atoms with van der Waals surface area (Å²) in [6, 6.07) is 8.02. The number of anilines is 1. The van der Waals surface area contributed by atoms with E-state index < -0.39 is 35.7 Å². The van der Waals surface area contributed by atoms with Crippen LogP contribution >= 0.6 is 0 Å². The molecule has 3 N–H and O–H groups in total. The molecule has 2 aliphatic heterocycles. The van der Waals surface area contributed by atoms with Crippen molar-refractivity contribution in [3.8, 4) is 5.75 Å². The van der Waals surface area contributed by atoms with Crippen molar-refractivity contribution in [2.75, 3.05) is 59.0 Å². The Bertz CT molecular complexity index is 1310. The van der Waals surface area contributed by atoms with Gasteiger partial charge in [0.2, 0.25) is 0 Å². The number of rotatable bonds is 10. The van der Waals surface area contributed by atoms with Gasteiger partial charge in [0.05, 0.1) is 32.1 Å². The highest BCUT2D eigenvalue weighted by Gasteiger charge is 2.43. The van der Waals surface area contributed by atoms with E-state index in [0.717, 1.165) is 61.5 Å². The van der Waals surface area contributed by atoms with Crippen LogP contribution in [0.3, 0.4) is 0 Å². The third-order valence-corrected chi connectivity index (χ3v) is 7.27. The van der Waals surface area contributed by atoms with Gasteiger partial charge in [-0.15, -0.1) is 0 Å². The van der Waals surface area contributed by atoms with Crippen molar-refractivity contribution >= 4 is 23.7 Å². The highest BCUT2D eigenvalue weighted by atomic mass is 19.2. The summed E-state index contributed by atoms with van der Waals surface area (Å²) in [4.78, 5) is 42.3. The maximum Gasteiger partial charge on any atom is 0.338 e. The molecule has 1 fully saturated rings. The van der Waals surface area contributed by atoms with Crippen molar-refractivity contribution in [3.63, 3.8) is 0 Å². The van der Waals surface area contributed by atoms with Crippen LogP contribution in [0, 0.1) is 11.6 Å². The molecule has 1 unspecified atom stereocenters. The van der Waals surface area contributed by atoms with E-state index in [9.17, 15) is 23.2 Å². The van der Waals surface area contributed by atoms with Crippen LogP contribution in [0.4, 0.5) is 24.1 Å². The number of nitrogens with one attached hydrogen (secondary N) is 3. The van der Waals surface area contributed by atoms with Crippen LogP contribution < -0.4 is 25.6 Å². The fourth-order valence-electron chi connectivity index (χ4n) is 5.14. The smallest absolute Gasteiger partial charge is 0.338 e. The van der Waals surface area contributed by atoms with Gasteiger partial charge in [-0.05, 0) is 54.8 Å². The number of benzene rings is 2. The summed E-state index contributed by atoms with van der Waals surface area (Å²) < 4.78 is 43.2. The number of hydrogen-bond acceptors (Lipinski definition) is 8. The number of ether oxygens (including phenoxy) is 3. The van der Waals surface area contributed by atoms with Gasteiger partial charge in [-0.25, -0.2) is 28.1 Å². The van der Waals surface area contributed by atoms with E-state index in [4.69, 9.17) is 14.2 Å². The maximum absolute atomic E-state index is 14.2. The van der Waals surface area contributed by atoms with E-state index in [-0.39, 0.29) is 36.0 Å². The van der Waals surface area contributed by atoms with Gasteiger partial charge in [-0.2, -0.15) is 0 Å². The quantitative estimate of drug-likeness (QED) is 0.287. The number of carbonyl (C=O) groups excluding carboxylic acids is 3. The van der Waals surface area contributed by atoms with Gasteiger partial charge >= 0.3 is 18.0 Å². The molecule has 4 rings (SSSR count). The highest BCUT2D eigenvalue weighted by molar-refractivity contribution is 6.01. The molecule has 1 saturated heterocycles. The molecule has 1 atom stereocenters. The molecule has 2 heterocycles. The molecule has 42 heavy (non-hydrogen) atoms. The second kappa shape index (κ2) is 14.1. The lowest BCUT2D eigenvalue weighted by atomic mass is 9.93. The fourth-order valence-corrected chi connectivity index (χ4v) is 5.14. The Morgan fingerprint density at radius 1 is 1.00 bits per heavy atom. The zero-order chi connectivity index (χ0) is 30.2. The minimum absolute atomic E-state index is 0.00893. The molecule has 0 radical (unpaired) electrons. The molecule has 226 valence electrons.